The van der Waals surface area contributed by atoms with E-state index in [1.54, 1.807) is 13.2 Å². The molecule has 1 aromatic carbocycles. The summed E-state index contributed by atoms with van der Waals surface area (Å²) in [7, 11) is 3.44. The fourth-order valence-corrected chi connectivity index (χ4v) is 3.60. The minimum atomic E-state index is -0.374. The molecule has 27 heavy (non-hydrogen) atoms. The topological polar surface area (TPSA) is 71.8 Å². The number of methoxy groups -OCH3 is 1. The Balaban J connectivity index is 0.00000261. The number of nitrogens with zero attached hydrogens (tertiary/aromatic N) is 1. The Morgan fingerprint density at radius 3 is 2.70 bits per heavy atom. The number of benzene rings is 1. The van der Waals surface area contributed by atoms with Crippen LogP contribution in [0.5, 0.6) is 5.75 Å². The summed E-state index contributed by atoms with van der Waals surface area (Å²) in [4.78, 5) is 26.8. The number of rotatable bonds is 5. The molecular formula is C20H27ClN2O4. The minimum absolute atomic E-state index is 0. The summed E-state index contributed by atoms with van der Waals surface area (Å²) >= 11 is 0. The van der Waals surface area contributed by atoms with Crippen LogP contribution in [-0.4, -0.2) is 44.1 Å². The first-order valence-electron chi connectivity index (χ1n) is 9.08. The van der Waals surface area contributed by atoms with Crippen molar-refractivity contribution in [1.29, 1.82) is 0 Å². The molecule has 1 aliphatic rings. The van der Waals surface area contributed by atoms with Crippen molar-refractivity contribution in [2.75, 3.05) is 27.2 Å². The van der Waals surface area contributed by atoms with E-state index in [0.29, 0.717) is 29.7 Å². The van der Waals surface area contributed by atoms with E-state index in [4.69, 9.17) is 9.15 Å². The maximum atomic E-state index is 12.5. The van der Waals surface area contributed by atoms with Crippen LogP contribution >= 0.6 is 12.4 Å². The van der Waals surface area contributed by atoms with Gasteiger partial charge in [-0.25, -0.2) is 4.79 Å². The Labute approximate surface area is 165 Å². The quantitative estimate of drug-likeness (QED) is 0.789. The second-order valence-corrected chi connectivity index (χ2v) is 6.84. The number of fused-ring (bicyclic) bond motifs is 1. The molecule has 3 rings (SSSR count). The molecule has 1 amide bonds. The van der Waals surface area contributed by atoms with Gasteiger partial charge in [0.2, 0.25) is 5.91 Å². The summed E-state index contributed by atoms with van der Waals surface area (Å²) in [5.74, 6) is 0.720. The van der Waals surface area contributed by atoms with Gasteiger partial charge in [-0.1, -0.05) is 0 Å². The number of nitrogens with one attached hydrogen (secondary N) is 1. The van der Waals surface area contributed by atoms with Crippen LogP contribution in [0.25, 0.3) is 11.0 Å². The van der Waals surface area contributed by atoms with Crippen molar-refractivity contribution in [2.45, 2.75) is 38.6 Å². The highest BCUT2D eigenvalue weighted by Crippen LogP contribution is 2.24. The first-order chi connectivity index (χ1) is 12.5. The van der Waals surface area contributed by atoms with Gasteiger partial charge in [0.05, 0.1) is 7.11 Å². The van der Waals surface area contributed by atoms with Gasteiger partial charge in [0, 0.05) is 36.5 Å². The molecule has 0 bridgehead atoms. The van der Waals surface area contributed by atoms with Crippen LogP contribution in [-0.2, 0) is 11.2 Å². The SMILES string of the molecule is COc1ccc2c(C)c(CCC(=O)N(C)C3CCNCC3)c(=O)oc2c1.Cl. The summed E-state index contributed by atoms with van der Waals surface area (Å²) in [6, 6.07) is 5.72. The molecule has 7 heteroatoms. The zero-order chi connectivity index (χ0) is 18.7. The van der Waals surface area contributed by atoms with Crippen LogP contribution < -0.4 is 15.7 Å². The third-order valence-electron chi connectivity index (χ3n) is 5.33. The molecule has 2 aromatic rings. The Hall–Kier alpha value is -2.05. The highest BCUT2D eigenvalue weighted by Gasteiger charge is 2.22. The highest BCUT2D eigenvalue weighted by atomic mass is 35.5. The number of hydrogen-bond acceptors (Lipinski definition) is 5. The first kappa shape index (κ1) is 21.3. The largest absolute Gasteiger partial charge is 0.497 e. The third-order valence-corrected chi connectivity index (χ3v) is 5.33. The molecule has 148 valence electrons. The second-order valence-electron chi connectivity index (χ2n) is 6.84. The molecule has 2 heterocycles. The van der Waals surface area contributed by atoms with Crippen molar-refractivity contribution in [1.82, 2.24) is 10.2 Å². The minimum Gasteiger partial charge on any atom is -0.497 e. The lowest BCUT2D eigenvalue weighted by Gasteiger charge is -2.31. The number of ether oxygens (including phenoxy) is 1. The fourth-order valence-electron chi connectivity index (χ4n) is 3.60. The molecule has 1 fully saturated rings. The summed E-state index contributed by atoms with van der Waals surface area (Å²) in [5.41, 5.74) is 1.58. The van der Waals surface area contributed by atoms with E-state index in [1.165, 1.54) is 0 Å². The lowest BCUT2D eigenvalue weighted by Crippen LogP contribution is -2.44. The smallest absolute Gasteiger partial charge is 0.339 e. The van der Waals surface area contributed by atoms with Gasteiger partial charge in [0.1, 0.15) is 11.3 Å². The van der Waals surface area contributed by atoms with Gasteiger partial charge < -0.3 is 19.4 Å². The Kier molecular flexibility index (Phi) is 7.27. The molecule has 0 radical (unpaired) electrons. The van der Waals surface area contributed by atoms with E-state index in [2.05, 4.69) is 5.32 Å². The van der Waals surface area contributed by atoms with E-state index in [1.807, 2.05) is 31.0 Å². The van der Waals surface area contributed by atoms with Gasteiger partial charge in [-0.3, -0.25) is 4.79 Å². The van der Waals surface area contributed by atoms with Crippen LogP contribution in [0.1, 0.15) is 30.4 Å². The van der Waals surface area contributed by atoms with Crippen LogP contribution in [0, 0.1) is 6.92 Å². The van der Waals surface area contributed by atoms with Gasteiger partial charge in [0.25, 0.3) is 0 Å². The van der Waals surface area contributed by atoms with E-state index < -0.39 is 0 Å². The monoisotopic (exact) mass is 394 g/mol. The Bertz CT molecular complexity index is 859. The molecular weight excluding hydrogens is 368 g/mol. The summed E-state index contributed by atoms with van der Waals surface area (Å²) in [6.07, 6.45) is 2.65. The van der Waals surface area contributed by atoms with Gasteiger partial charge in [-0.05, 0) is 57.0 Å². The number of halogens is 1. The van der Waals surface area contributed by atoms with E-state index in [0.717, 1.165) is 36.9 Å². The number of carbonyl (C=O) groups is 1. The molecule has 0 saturated carbocycles. The first-order valence-corrected chi connectivity index (χ1v) is 9.08. The molecule has 0 unspecified atom stereocenters. The van der Waals surface area contributed by atoms with Crippen molar-refractivity contribution >= 4 is 29.3 Å². The second kappa shape index (κ2) is 9.24. The van der Waals surface area contributed by atoms with Crippen molar-refractivity contribution < 1.29 is 13.9 Å². The predicted molar refractivity (Wildman–Crippen MR) is 108 cm³/mol. The molecule has 0 atom stereocenters. The zero-order valence-electron chi connectivity index (χ0n) is 16.0. The molecule has 1 aliphatic heterocycles. The van der Waals surface area contributed by atoms with Crippen molar-refractivity contribution in [2.24, 2.45) is 0 Å². The number of aryl methyl sites for hydroxylation is 1. The highest BCUT2D eigenvalue weighted by molar-refractivity contribution is 5.85. The third kappa shape index (κ3) is 4.62. The number of amides is 1. The van der Waals surface area contributed by atoms with Crippen LogP contribution in [0.3, 0.4) is 0 Å². The number of carbonyl (C=O) groups excluding carboxylic acids is 1. The summed E-state index contributed by atoms with van der Waals surface area (Å²) in [6.45, 7) is 3.79. The number of piperidine rings is 1. The van der Waals surface area contributed by atoms with Gasteiger partial charge in [0.15, 0.2) is 0 Å². The Morgan fingerprint density at radius 2 is 2.04 bits per heavy atom. The van der Waals surface area contributed by atoms with Crippen LogP contribution in [0.4, 0.5) is 0 Å². The maximum Gasteiger partial charge on any atom is 0.339 e. The summed E-state index contributed by atoms with van der Waals surface area (Å²) < 4.78 is 10.6. The lowest BCUT2D eigenvalue weighted by molar-refractivity contribution is -0.132. The van der Waals surface area contributed by atoms with Crippen LogP contribution in [0.2, 0.25) is 0 Å². The fraction of sp³-hybridized carbons (Fsp3) is 0.500. The molecule has 6 nitrogen and oxygen atoms in total. The van der Waals surface area contributed by atoms with Gasteiger partial charge in [-0.15, -0.1) is 12.4 Å². The molecule has 1 aromatic heterocycles. The van der Waals surface area contributed by atoms with Crippen molar-refractivity contribution in [3.63, 3.8) is 0 Å². The average molecular weight is 395 g/mol. The normalized spacial score (nSPS) is 14.6. The predicted octanol–water partition coefficient (Wildman–Crippen LogP) is 2.67. The number of hydrogen-bond donors (Lipinski definition) is 1. The standard InChI is InChI=1S/C20H26N2O4.ClH/c1-13-16-5-4-15(25-3)12-18(16)26-20(24)17(13)6-7-19(23)22(2)14-8-10-21-11-9-14;/h4-5,12,14,21H,6-11H2,1-3H3;1H. The van der Waals surface area contributed by atoms with Gasteiger partial charge in [-0.2, -0.15) is 0 Å². The Morgan fingerprint density at radius 1 is 1.33 bits per heavy atom. The molecule has 1 N–H and O–H groups in total. The average Bonchev–Trinajstić information content (AvgIpc) is 2.67. The molecule has 0 aliphatic carbocycles. The maximum absolute atomic E-state index is 12.5. The van der Waals surface area contributed by atoms with Crippen LogP contribution in [0.15, 0.2) is 27.4 Å². The lowest BCUT2D eigenvalue weighted by atomic mass is 10.0. The molecule has 0 spiro atoms. The van der Waals surface area contributed by atoms with E-state index in [9.17, 15) is 9.59 Å². The van der Waals surface area contributed by atoms with Crippen molar-refractivity contribution in [3.05, 3.63) is 39.7 Å². The summed E-state index contributed by atoms with van der Waals surface area (Å²) in [5, 5.41) is 4.18. The van der Waals surface area contributed by atoms with Gasteiger partial charge >= 0.3 is 5.63 Å². The molecule has 1 saturated heterocycles. The zero-order valence-corrected chi connectivity index (χ0v) is 16.9. The van der Waals surface area contributed by atoms with E-state index in [-0.39, 0.29) is 30.0 Å². The van der Waals surface area contributed by atoms with Crippen molar-refractivity contribution in [3.8, 4) is 5.75 Å². The van der Waals surface area contributed by atoms with E-state index >= 15 is 0 Å².